The maximum Gasteiger partial charge on any atom is 0.217 e. The fraction of sp³-hybridized carbons (Fsp3) is 1.00. The minimum absolute atomic E-state index is 0.0610. The van der Waals surface area contributed by atoms with E-state index >= 15 is 0 Å². The second-order valence-electron chi connectivity index (χ2n) is 12.9. The summed E-state index contributed by atoms with van der Waals surface area (Å²) < 4.78 is 21.4. The third kappa shape index (κ3) is 7.37. The lowest BCUT2D eigenvalue weighted by molar-refractivity contribution is -0.00948. The van der Waals surface area contributed by atoms with Crippen LogP contribution in [0.1, 0.15) is 80.6 Å². The van der Waals surface area contributed by atoms with Gasteiger partial charge in [0, 0.05) is 10.8 Å². The Labute approximate surface area is 207 Å². The van der Waals surface area contributed by atoms with Gasteiger partial charge in [0.25, 0.3) is 0 Å². The average Bonchev–Trinajstić information content (AvgIpc) is 2.66. The second kappa shape index (κ2) is 11.7. The standard InChI is InChI=1S/C25H60O3Si4/c1-17-22(30(9,10)11)26-29(8)24(7,19-3)23(6,18-2)27-32(15,16)25(20-4,21-5)28-31(12,13)14/h22,29H,17-21H2,1-16H3. The molecule has 0 amide bonds. The lowest BCUT2D eigenvalue weighted by Gasteiger charge is -2.56. The highest BCUT2D eigenvalue weighted by Gasteiger charge is 2.57. The molecular weight excluding hydrogens is 461 g/mol. The summed E-state index contributed by atoms with van der Waals surface area (Å²) in [5.41, 5.74) is 0.223. The van der Waals surface area contributed by atoms with Gasteiger partial charge in [-0.3, -0.25) is 0 Å². The Bertz CT molecular complexity index is 567. The SMILES string of the molecule is CCC(O[SiH](C)C(C)(CC)C(C)(CC)O[Si](C)(C)C(CC)(CC)O[Si](C)(C)C)[Si](C)(C)C. The van der Waals surface area contributed by atoms with Crippen LogP contribution in [-0.4, -0.2) is 50.3 Å². The fourth-order valence-corrected chi connectivity index (χ4v) is 18.6. The van der Waals surface area contributed by atoms with Crippen LogP contribution in [0.2, 0.25) is 64.0 Å². The predicted octanol–water partition coefficient (Wildman–Crippen LogP) is 8.52. The average molecular weight is 521 g/mol. The van der Waals surface area contributed by atoms with Gasteiger partial charge < -0.3 is 13.3 Å². The molecule has 0 fully saturated rings. The van der Waals surface area contributed by atoms with Gasteiger partial charge >= 0.3 is 0 Å². The maximum atomic E-state index is 7.45. The smallest absolute Gasteiger partial charge is 0.217 e. The van der Waals surface area contributed by atoms with E-state index in [1.807, 2.05) is 0 Å². The highest BCUT2D eigenvalue weighted by Crippen LogP contribution is 2.52. The molecule has 0 N–H and O–H groups in total. The molecular formula is C25H60O3Si4. The van der Waals surface area contributed by atoms with Gasteiger partial charge in [-0.15, -0.1) is 0 Å². The van der Waals surface area contributed by atoms with Crippen molar-refractivity contribution in [3.63, 3.8) is 0 Å². The molecule has 0 aromatic carbocycles. The monoisotopic (exact) mass is 520 g/mol. The van der Waals surface area contributed by atoms with Crippen molar-refractivity contribution in [3.8, 4) is 0 Å². The van der Waals surface area contributed by atoms with Crippen LogP contribution < -0.4 is 0 Å². The van der Waals surface area contributed by atoms with Gasteiger partial charge in [0.1, 0.15) is 0 Å². The Morgan fingerprint density at radius 1 is 0.719 bits per heavy atom. The van der Waals surface area contributed by atoms with Crippen molar-refractivity contribution < 1.29 is 13.3 Å². The molecule has 0 saturated carbocycles. The van der Waals surface area contributed by atoms with Gasteiger partial charge in [0.05, 0.1) is 18.9 Å². The first kappa shape index (κ1) is 32.7. The molecule has 32 heavy (non-hydrogen) atoms. The third-order valence-electron chi connectivity index (χ3n) is 8.44. The first-order valence-corrected chi connectivity index (χ1v) is 25.4. The molecule has 0 radical (unpaired) electrons. The van der Waals surface area contributed by atoms with Gasteiger partial charge in [-0.05, 0) is 78.3 Å². The summed E-state index contributed by atoms with van der Waals surface area (Å²) >= 11 is 0. The van der Waals surface area contributed by atoms with Crippen LogP contribution in [0, 0.1) is 0 Å². The van der Waals surface area contributed by atoms with E-state index in [9.17, 15) is 0 Å². The van der Waals surface area contributed by atoms with E-state index in [4.69, 9.17) is 13.3 Å². The number of hydrogen-bond donors (Lipinski definition) is 0. The molecule has 0 aliphatic heterocycles. The molecule has 0 bridgehead atoms. The van der Waals surface area contributed by atoms with Crippen molar-refractivity contribution >= 4 is 33.7 Å². The zero-order chi connectivity index (χ0) is 25.8. The molecule has 0 aliphatic carbocycles. The quantitative estimate of drug-likeness (QED) is 0.202. The Balaban J connectivity index is 6.27. The highest BCUT2D eigenvalue weighted by atomic mass is 28.4. The Morgan fingerprint density at radius 2 is 1.19 bits per heavy atom. The van der Waals surface area contributed by atoms with Gasteiger partial charge in [0.15, 0.2) is 17.4 Å². The number of hydrogen-bond acceptors (Lipinski definition) is 3. The van der Waals surface area contributed by atoms with Crippen LogP contribution in [0.15, 0.2) is 0 Å². The van der Waals surface area contributed by atoms with Crippen molar-refractivity contribution in [2.45, 2.75) is 161 Å². The van der Waals surface area contributed by atoms with Crippen molar-refractivity contribution in [3.05, 3.63) is 0 Å². The molecule has 0 aromatic heterocycles. The highest BCUT2D eigenvalue weighted by molar-refractivity contribution is 6.78. The van der Waals surface area contributed by atoms with Crippen LogP contribution in [0.3, 0.4) is 0 Å². The summed E-state index contributed by atoms with van der Waals surface area (Å²) in [4.78, 5) is 0. The van der Waals surface area contributed by atoms with Crippen molar-refractivity contribution in [2.24, 2.45) is 0 Å². The Morgan fingerprint density at radius 3 is 1.47 bits per heavy atom. The molecule has 194 valence electrons. The molecule has 7 heteroatoms. The summed E-state index contributed by atoms with van der Waals surface area (Å²) in [7, 11) is -6.84. The normalized spacial score (nSPS) is 19.9. The summed E-state index contributed by atoms with van der Waals surface area (Å²) in [6, 6.07) is 0. The zero-order valence-corrected chi connectivity index (χ0v) is 29.1. The molecule has 3 nitrogen and oxygen atoms in total. The van der Waals surface area contributed by atoms with E-state index in [0.29, 0.717) is 5.73 Å². The van der Waals surface area contributed by atoms with Crippen LogP contribution in [-0.2, 0) is 13.3 Å². The van der Waals surface area contributed by atoms with Gasteiger partial charge in [-0.25, -0.2) is 0 Å². The zero-order valence-electron chi connectivity index (χ0n) is 24.9. The van der Waals surface area contributed by atoms with Crippen LogP contribution >= 0.6 is 0 Å². The predicted molar refractivity (Wildman–Crippen MR) is 155 cm³/mol. The molecule has 0 aliphatic rings. The Hall–Kier alpha value is 0.748. The maximum absolute atomic E-state index is 7.45. The summed E-state index contributed by atoms with van der Waals surface area (Å²) in [5, 5.41) is -0.0794. The van der Waals surface area contributed by atoms with Crippen LogP contribution in [0.25, 0.3) is 0 Å². The van der Waals surface area contributed by atoms with E-state index in [0.717, 1.165) is 32.1 Å². The molecule has 4 unspecified atom stereocenters. The van der Waals surface area contributed by atoms with E-state index in [1.54, 1.807) is 0 Å². The largest absolute Gasteiger partial charge is 0.420 e. The fourth-order valence-electron chi connectivity index (χ4n) is 5.60. The lowest BCUT2D eigenvalue weighted by atomic mass is 9.85. The van der Waals surface area contributed by atoms with Crippen molar-refractivity contribution in [1.29, 1.82) is 0 Å². The lowest BCUT2D eigenvalue weighted by Crippen LogP contribution is -2.66. The van der Waals surface area contributed by atoms with Gasteiger partial charge in [0.2, 0.25) is 8.32 Å². The van der Waals surface area contributed by atoms with Crippen LogP contribution in [0.4, 0.5) is 0 Å². The van der Waals surface area contributed by atoms with Gasteiger partial charge in [-0.2, -0.15) is 0 Å². The minimum atomic E-state index is -2.22. The Kier molecular flexibility index (Phi) is 11.9. The summed E-state index contributed by atoms with van der Waals surface area (Å²) in [6.07, 6.45) is 5.26. The summed E-state index contributed by atoms with van der Waals surface area (Å²) in [5.74, 6) is 0. The van der Waals surface area contributed by atoms with Crippen molar-refractivity contribution in [2.75, 3.05) is 0 Å². The first-order valence-electron chi connectivity index (χ1n) is 13.3. The van der Waals surface area contributed by atoms with Gasteiger partial charge in [-0.1, -0.05) is 61.2 Å². The second-order valence-corrected chi connectivity index (χ2v) is 29.7. The molecule has 0 rings (SSSR count). The molecule has 0 heterocycles. The molecule has 0 aromatic rings. The van der Waals surface area contributed by atoms with E-state index in [2.05, 4.69) is 107 Å². The molecule has 0 saturated heterocycles. The number of rotatable bonds is 15. The van der Waals surface area contributed by atoms with E-state index in [1.165, 1.54) is 0 Å². The molecule has 0 spiro atoms. The minimum Gasteiger partial charge on any atom is -0.420 e. The topological polar surface area (TPSA) is 27.7 Å². The third-order valence-corrected chi connectivity index (χ3v) is 19.9. The van der Waals surface area contributed by atoms with Crippen molar-refractivity contribution in [1.82, 2.24) is 0 Å². The molecule has 4 atom stereocenters. The first-order chi connectivity index (χ1) is 14.2. The van der Waals surface area contributed by atoms with E-state index < -0.39 is 33.7 Å². The van der Waals surface area contributed by atoms with Crippen LogP contribution in [0.5, 0.6) is 0 Å². The summed E-state index contributed by atoms with van der Waals surface area (Å²) in [6.45, 7) is 37.9. The van der Waals surface area contributed by atoms with E-state index in [-0.39, 0.29) is 15.9 Å².